The van der Waals surface area contributed by atoms with Crippen LogP contribution in [0.15, 0.2) is 23.5 Å². The van der Waals surface area contributed by atoms with Gasteiger partial charge >= 0.3 is 0 Å². The number of hydrogen-bond acceptors (Lipinski definition) is 4. The highest BCUT2D eigenvalue weighted by molar-refractivity contribution is 5.75. The first-order valence-electron chi connectivity index (χ1n) is 2.95. The molecule has 0 aromatic carbocycles. The van der Waals surface area contributed by atoms with Gasteiger partial charge in [0.25, 0.3) is 0 Å². The lowest BCUT2D eigenvalue weighted by Gasteiger charge is -2.11. The van der Waals surface area contributed by atoms with Crippen molar-refractivity contribution in [1.29, 1.82) is 0 Å². The van der Waals surface area contributed by atoms with Crippen LogP contribution in [0.5, 0.6) is 0 Å². The lowest BCUT2D eigenvalue weighted by Crippen LogP contribution is -2.21. The molecule has 4 heteroatoms. The number of nitrogens with zero attached hydrogens (tertiary/aromatic N) is 2. The molecule has 10 heavy (non-hydrogen) atoms. The van der Waals surface area contributed by atoms with Crippen molar-refractivity contribution in [3.63, 3.8) is 0 Å². The van der Waals surface area contributed by atoms with E-state index >= 15 is 0 Å². The molecule has 1 aromatic rings. The molecule has 2 rings (SSSR count). The first kappa shape index (κ1) is 5.22. The zero-order chi connectivity index (χ0) is 6.81. The van der Waals surface area contributed by atoms with Crippen LogP contribution < -0.4 is 10.9 Å². The molecule has 2 N–H and O–H groups in total. The van der Waals surface area contributed by atoms with Crippen molar-refractivity contribution in [2.75, 3.05) is 5.43 Å². The third-order valence-corrected chi connectivity index (χ3v) is 1.28. The lowest BCUT2D eigenvalue weighted by atomic mass is 10.3. The predicted molar refractivity (Wildman–Crippen MR) is 39.1 cm³/mol. The van der Waals surface area contributed by atoms with Gasteiger partial charge in [-0.3, -0.25) is 15.8 Å². The van der Waals surface area contributed by atoms with Crippen LogP contribution in [0.25, 0.3) is 0 Å². The van der Waals surface area contributed by atoms with Crippen LogP contribution in [0.3, 0.4) is 0 Å². The maximum absolute atomic E-state index is 4.03. The number of anilines is 1. The smallest absolute Gasteiger partial charge is 0.108 e. The van der Waals surface area contributed by atoms with E-state index in [0.717, 1.165) is 11.4 Å². The first-order chi connectivity index (χ1) is 4.97. The fraction of sp³-hybridized carbons (Fsp3) is 0. The molecule has 0 aliphatic carbocycles. The highest BCUT2D eigenvalue weighted by atomic mass is 15.4. The number of hydrazine groups is 1. The summed E-state index contributed by atoms with van der Waals surface area (Å²) >= 11 is 0. The van der Waals surface area contributed by atoms with Crippen LogP contribution in [-0.2, 0) is 0 Å². The van der Waals surface area contributed by atoms with E-state index in [4.69, 9.17) is 0 Å². The van der Waals surface area contributed by atoms with E-state index in [1.807, 2.05) is 6.07 Å². The molecule has 0 saturated heterocycles. The van der Waals surface area contributed by atoms with E-state index in [0.29, 0.717) is 0 Å². The summed E-state index contributed by atoms with van der Waals surface area (Å²) in [5.41, 5.74) is 7.51. The van der Waals surface area contributed by atoms with Gasteiger partial charge in [-0.15, -0.1) is 0 Å². The Morgan fingerprint density at radius 2 is 2.40 bits per heavy atom. The van der Waals surface area contributed by atoms with Gasteiger partial charge in [-0.2, -0.15) is 0 Å². The molecule has 0 amide bonds. The van der Waals surface area contributed by atoms with Crippen LogP contribution in [0.1, 0.15) is 0 Å². The number of aromatic nitrogens is 1. The molecule has 0 saturated carbocycles. The van der Waals surface area contributed by atoms with Crippen molar-refractivity contribution in [3.05, 3.63) is 18.5 Å². The minimum Gasteiger partial charge on any atom is -0.298 e. The minimum atomic E-state index is 0.862. The number of fused-ring (bicyclic) bond motifs is 1. The van der Waals surface area contributed by atoms with E-state index in [2.05, 4.69) is 20.8 Å². The maximum atomic E-state index is 4.03. The monoisotopic (exact) mass is 134 g/mol. The molecule has 1 aromatic heterocycles. The highest BCUT2D eigenvalue weighted by Crippen LogP contribution is 2.22. The van der Waals surface area contributed by atoms with Gasteiger partial charge in [0.2, 0.25) is 0 Å². The Kier molecular flexibility index (Phi) is 1.04. The number of rotatable bonds is 0. The lowest BCUT2D eigenvalue weighted by molar-refractivity contribution is 1.11. The van der Waals surface area contributed by atoms with Crippen molar-refractivity contribution < 1.29 is 0 Å². The third-order valence-electron chi connectivity index (χ3n) is 1.28. The fourth-order valence-electron chi connectivity index (χ4n) is 0.807. The Balaban J connectivity index is 2.54. The quantitative estimate of drug-likeness (QED) is 0.548. The largest absolute Gasteiger partial charge is 0.298 e. The zero-order valence-corrected chi connectivity index (χ0v) is 5.20. The summed E-state index contributed by atoms with van der Waals surface area (Å²) in [6, 6.07) is 1.86. The molecule has 0 unspecified atom stereocenters. The van der Waals surface area contributed by atoms with Crippen molar-refractivity contribution >= 4 is 17.7 Å². The van der Waals surface area contributed by atoms with E-state index in [9.17, 15) is 0 Å². The van der Waals surface area contributed by atoms with Gasteiger partial charge in [0, 0.05) is 6.20 Å². The molecule has 0 radical (unpaired) electrons. The topological polar surface area (TPSA) is 49.3 Å². The van der Waals surface area contributed by atoms with E-state index in [1.54, 1.807) is 18.7 Å². The van der Waals surface area contributed by atoms with E-state index in [-0.39, 0.29) is 0 Å². The van der Waals surface area contributed by atoms with Gasteiger partial charge in [-0.1, -0.05) is 0 Å². The van der Waals surface area contributed by atoms with Crippen LogP contribution in [0.4, 0.5) is 11.4 Å². The second-order valence-electron chi connectivity index (χ2n) is 1.92. The SMILES string of the molecule is C1=Nc2cnccc2NN1. The Bertz CT molecular complexity index is 268. The van der Waals surface area contributed by atoms with Gasteiger partial charge in [0.05, 0.1) is 11.9 Å². The van der Waals surface area contributed by atoms with Crippen LogP contribution in [0, 0.1) is 0 Å². The van der Waals surface area contributed by atoms with Crippen LogP contribution >= 0.6 is 0 Å². The van der Waals surface area contributed by atoms with Crippen LogP contribution in [-0.4, -0.2) is 11.3 Å². The molecular formula is C6H6N4. The number of aliphatic imine (C=N–C) groups is 1. The number of hydrogen-bond donors (Lipinski definition) is 2. The standard InChI is InChI=1S/C6H6N4/c1-2-7-3-6-5(1)10-9-4-8-6/h1-4,10H,(H,8,9). The maximum Gasteiger partial charge on any atom is 0.108 e. The van der Waals surface area contributed by atoms with Crippen molar-refractivity contribution in [3.8, 4) is 0 Å². The second-order valence-corrected chi connectivity index (χ2v) is 1.92. The van der Waals surface area contributed by atoms with Gasteiger partial charge in [0.15, 0.2) is 0 Å². The van der Waals surface area contributed by atoms with Gasteiger partial charge < -0.3 is 0 Å². The van der Waals surface area contributed by atoms with Crippen molar-refractivity contribution in [1.82, 2.24) is 10.4 Å². The van der Waals surface area contributed by atoms with Crippen molar-refractivity contribution in [2.24, 2.45) is 4.99 Å². The molecule has 0 bridgehead atoms. The number of pyridine rings is 1. The Labute approximate surface area is 58.0 Å². The summed E-state index contributed by atoms with van der Waals surface area (Å²) < 4.78 is 0. The molecule has 0 spiro atoms. The zero-order valence-electron chi connectivity index (χ0n) is 5.20. The summed E-state index contributed by atoms with van der Waals surface area (Å²) in [6.45, 7) is 0. The average Bonchev–Trinajstić information content (AvgIpc) is 2.05. The predicted octanol–water partition coefficient (Wildman–Crippen LogP) is 0.671. The summed E-state index contributed by atoms with van der Waals surface area (Å²) in [6.07, 6.45) is 5.01. The molecule has 0 fully saturated rings. The van der Waals surface area contributed by atoms with E-state index in [1.165, 1.54) is 0 Å². The molecular weight excluding hydrogens is 128 g/mol. The Hall–Kier alpha value is -1.58. The average molecular weight is 134 g/mol. The molecule has 0 atom stereocenters. The molecule has 2 heterocycles. The molecule has 1 aliphatic rings. The van der Waals surface area contributed by atoms with E-state index < -0.39 is 0 Å². The third kappa shape index (κ3) is 0.699. The first-order valence-corrected chi connectivity index (χ1v) is 2.95. The highest BCUT2D eigenvalue weighted by Gasteiger charge is 2.00. The second kappa shape index (κ2) is 1.98. The minimum absolute atomic E-state index is 0.862. The summed E-state index contributed by atoms with van der Waals surface area (Å²) in [5, 5.41) is 0. The Morgan fingerprint density at radius 1 is 1.40 bits per heavy atom. The van der Waals surface area contributed by atoms with Gasteiger partial charge in [-0.05, 0) is 6.07 Å². The molecule has 1 aliphatic heterocycles. The number of nitrogens with one attached hydrogen (secondary N) is 2. The van der Waals surface area contributed by atoms with Crippen LogP contribution in [0.2, 0.25) is 0 Å². The molecule has 50 valence electrons. The van der Waals surface area contributed by atoms with Crippen molar-refractivity contribution in [2.45, 2.75) is 0 Å². The van der Waals surface area contributed by atoms with Gasteiger partial charge in [-0.25, -0.2) is 4.99 Å². The summed E-state index contributed by atoms with van der Waals surface area (Å²) in [7, 11) is 0. The normalized spacial score (nSPS) is 13.2. The van der Waals surface area contributed by atoms with Gasteiger partial charge in [0.1, 0.15) is 12.0 Å². The summed E-state index contributed by atoms with van der Waals surface area (Å²) in [4.78, 5) is 7.95. The molecule has 4 nitrogen and oxygen atoms in total. The Morgan fingerprint density at radius 3 is 3.30 bits per heavy atom. The fourth-order valence-corrected chi connectivity index (χ4v) is 0.807. The summed E-state index contributed by atoms with van der Waals surface area (Å²) in [5.74, 6) is 0.